The molecule has 4 aliphatic rings. The van der Waals surface area contributed by atoms with E-state index in [1.54, 1.807) is 13.2 Å². The van der Waals surface area contributed by atoms with Crippen molar-refractivity contribution in [1.29, 1.82) is 0 Å². The first kappa shape index (κ1) is 15.6. The van der Waals surface area contributed by atoms with Crippen molar-refractivity contribution in [2.45, 2.75) is 55.8 Å². The number of phenolic OH excluding ortho intramolecular Hbond substituents is 1. The Balaban J connectivity index is 1.54. The highest BCUT2D eigenvalue weighted by Crippen LogP contribution is 2.61. The molecule has 2 saturated carbocycles. The molecular weight excluding hydrogens is 320 g/mol. The van der Waals surface area contributed by atoms with Crippen molar-refractivity contribution < 1.29 is 24.5 Å². The lowest BCUT2D eigenvalue weighted by Gasteiger charge is -2.49. The number of phenols is 1. The van der Waals surface area contributed by atoms with Gasteiger partial charge in [-0.05, 0) is 66.7 Å². The van der Waals surface area contributed by atoms with Crippen molar-refractivity contribution in [3.63, 3.8) is 0 Å². The van der Waals surface area contributed by atoms with Crippen molar-refractivity contribution in [1.82, 2.24) is 0 Å². The maximum atomic E-state index is 11.7. The van der Waals surface area contributed by atoms with Gasteiger partial charge in [0.05, 0.1) is 12.5 Å². The zero-order chi connectivity index (χ0) is 17.3. The summed E-state index contributed by atoms with van der Waals surface area (Å²) in [5.41, 5.74) is 1.48. The topological polar surface area (TPSA) is 76.0 Å². The highest BCUT2D eigenvalue weighted by molar-refractivity contribution is 5.74. The normalized spacial score (nSPS) is 44.5. The number of aryl methyl sites for hydroxylation is 1. The summed E-state index contributed by atoms with van der Waals surface area (Å²) in [5, 5.41) is 21.0. The summed E-state index contributed by atoms with van der Waals surface area (Å²) < 4.78 is 11.3. The summed E-state index contributed by atoms with van der Waals surface area (Å²) in [6.07, 6.45) is 3.27. The molecule has 1 aromatic carbocycles. The Morgan fingerprint density at radius 2 is 2.12 bits per heavy atom. The summed E-state index contributed by atoms with van der Waals surface area (Å²) in [6, 6.07) is 5.68. The smallest absolute Gasteiger partial charge is 0.309 e. The summed E-state index contributed by atoms with van der Waals surface area (Å²) in [5.74, 6) is 1.18. The quantitative estimate of drug-likeness (QED) is 0.764. The van der Waals surface area contributed by atoms with Gasteiger partial charge in [0.1, 0.15) is 17.5 Å². The molecule has 1 aromatic rings. The molecular formula is C20H24O5. The van der Waals surface area contributed by atoms with Gasteiger partial charge >= 0.3 is 5.97 Å². The van der Waals surface area contributed by atoms with Gasteiger partial charge in [0.25, 0.3) is 0 Å². The van der Waals surface area contributed by atoms with Crippen LogP contribution in [0.2, 0.25) is 0 Å². The van der Waals surface area contributed by atoms with Crippen molar-refractivity contribution in [3.05, 3.63) is 29.3 Å². The number of methoxy groups -OCH3 is 1. The molecule has 5 rings (SSSR count). The highest BCUT2D eigenvalue weighted by Gasteiger charge is 2.65. The highest BCUT2D eigenvalue weighted by atomic mass is 16.6. The number of esters is 1. The number of ether oxygens (including phenoxy) is 2. The van der Waals surface area contributed by atoms with Crippen molar-refractivity contribution in [2.75, 3.05) is 7.11 Å². The predicted octanol–water partition coefficient (Wildman–Crippen LogP) is 2.14. The number of carbonyl (C=O) groups excluding carboxylic acids is 1. The second-order valence-electron chi connectivity index (χ2n) is 8.27. The van der Waals surface area contributed by atoms with Crippen LogP contribution in [-0.2, 0) is 20.7 Å². The van der Waals surface area contributed by atoms with Crippen LogP contribution in [0.3, 0.4) is 0 Å². The molecule has 3 fully saturated rings. The van der Waals surface area contributed by atoms with Crippen LogP contribution in [0, 0.1) is 17.8 Å². The number of carbonyl (C=O) groups is 1. The maximum Gasteiger partial charge on any atom is 0.309 e. The van der Waals surface area contributed by atoms with Gasteiger partial charge in [-0.1, -0.05) is 6.07 Å². The van der Waals surface area contributed by atoms with E-state index in [2.05, 4.69) is 0 Å². The van der Waals surface area contributed by atoms with Gasteiger partial charge in [-0.25, -0.2) is 0 Å². The second-order valence-corrected chi connectivity index (χ2v) is 8.27. The summed E-state index contributed by atoms with van der Waals surface area (Å²) >= 11 is 0. The molecule has 1 saturated heterocycles. The van der Waals surface area contributed by atoms with E-state index >= 15 is 0 Å². The molecule has 7 atom stereocenters. The Bertz CT molecular complexity index is 731. The summed E-state index contributed by atoms with van der Waals surface area (Å²) in [7, 11) is 1.74. The monoisotopic (exact) mass is 344 g/mol. The van der Waals surface area contributed by atoms with E-state index in [4.69, 9.17) is 9.47 Å². The fraction of sp³-hybridized carbons (Fsp3) is 0.650. The van der Waals surface area contributed by atoms with Crippen molar-refractivity contribution >= 4 is 5.97 Å². The Morgan fingerprint density at radius 3 is 2.92 bits per heavy atom. The van der Waals surface area contributed by atoms with Crippen molar-refractivity contribution in [2.24, 2.45) is 17.8 Å². The van der Waals surface area contributed by atoms with Crippen LogP contribution in [0.1, 0.15) is 42.7 Å². The van der Waals surface area contributed by atoms with Gasteiger partial charge in [0.15, 0.2) is 0 Å². The van der Waals surface area contributed by atoms with Gasteiger partial charge in [-0.15, -0.1) is 0 Å². The Morgan fingerprint density at radius 1 is 1.28 bits per heavy atom. The lowest BCUT2D eigenvalue weighted by molar-refractivity contribution is -0.142. The maximum absolute atomic E-state index is 11.7. The lowest BCUT2D eigenvalue weighted by Crippen LogP contribution is -2.49. The third kappa shape index (κ3) is 2.05. The Kier molecular flexibility index (Phi) is 3.26. The van der Waals surface area contributed by atoms with E-state index in [0.717, 1.165) is 25.7 Å². The van der Waals surface area contributed by atoms with Gasteiger partial charge in [-0.3, -0.25) is 4.79 Å². The molecule has 134 valence electrons. The first-order valence-corrected chi connectivity index (χ1v) is 9.27. The summed E-state index contributed by atoms with van der Waals surface area (Å²) in [6.45, 7) is 0. The van der Waals surface area contributed by atoms with Crippen LogP contribution in [0.15, 0.2) is 18.2 Å². The minimum atomic E-state index is -1.02. The zero-order valence-electron chi connectivity index (χ0n) is 14.4. The Labute approximate surface area is 146 Å². The number of aromatic hydroxyl groups is 1. The van der Waals surface area contributed by atoms with Gasteiger partial charge < -0.3 is 19.7 Å². The standard InChI is InChI=1S/C20H24O5/c1-24-16-8-15-14(7-17-20(15,23)9-18(22)25-17)13-4-2-10-6-11(21)3-5-12(10)19(13)16/h3,5-6,13-17,19,21,23H,2,4,7-9H2,1H3. The number of aliphatic hydroxyl groups is 1. The van der Waals surface area contributed by atoms with Crippen molar-refractivity contribution in [3.8, 4) is 5.75 Å². The first-order chi connectivity index (χ1) is 12.0. The Hall–Kier alpha value is -1.59. The van der Waals surface area contributed by atoms with Crippen LogP contribution in [-0.4, -0.2) is 41.1 Å². The third-order valence-corrected chi connectivity index (χ3v) is 7.34. The fourth-order valence-electron chi connectivity index (χ4n) is 6.37. The zero-order valence-corrected chi connectivity index (χ0v) is 14.4. The third-order valence-electron chi connectivity index (χ3n) is 7.34. The number of hydrogen-bond acceptors (Lipinski definition) is 5. The van der Waals surface area contributed by atoms with E-state index in [1.807, 2.05) is 12.1 Å². The second kappa shape index (κ2) is 5.21. The SMILES string of the molecule is COC1CC2C(CC3OC(=O)CC32O)C2CCc3cc(O)ccc3C12. The van der Waals surface area contributed by atoms with E-state index in [1.165, 1.54) is 11.1 Å². The molecule has 25 heavy (non-hydrogen) atoms. The van der Waals surface area contributed by atoms with Gasteiger partial charge in [-0.2, -0.15) is 0 Å². The van der Waals surface area contributed by atoms with E-state index in [9.17, 15) is 15.0 Å². The summed E-state index contributed by atoms with van der Waals surface area (Å²) in [4.78, 5) is 11.7. The molecule has 0 amide bonds. The molecule has 1 heterocycles. The van der Waals surface area contributed by atoms with Crippen LogP contribution >= 0.6 is 0 Å². The molecule has 0 bridgehead atoms. The van der Waals surface area contributed by atoms with Gasteiger partial charge in [0.2, 0.25) is 0 Å². The number of rotatable bonds is 1. The molecule has 0 radical (unpaired) electrons. The van der Waals surface area contributed by atoms with Crippen LogP contribution in [0.4, 0.5) is 0 Å². The largest absolute Gasteiger partial charge is 0.508 e. The molecule has 0 aromatic heterocycles. The first-order valence-electron chi connectivity index (χ1n) is 9.27. The van der Waals surface area contributed by atoms with Crippen LogP contribution in [0.5, 0.6) is 5.75 Å². The molecule has 5 nitrogen and oxygen atoms in total. The van der Waals surface area contributed by atoms with Crippen LogP contribution < -0.4 is 0 Å². The molecule has 2 N–H and O–H groups in total. The number of benzene rings is 1. The molecule has 1 aliphatic heterocycles. The number of fused-ring (bicyclic) bond motifs is 7. The van der Waals surface area contributed by atoms with E-state index in [-0.39, 0.29) is 36.4 Å². The minimum Gasteiger partial charge on any atom is -0.508 e. The number of hydrogen-bond donors (Lipinski definition) is 2. The molecule has 5 heteroatoms. The fourth-order valence-corrected chi connectivity index (χ4v) is 6.37. The van der Waals surface area contributed by atoms with E-state index in [0.29, 0.717) is 17.6 Å². The molecule has 3 aliphatic carbocycles. The average molecular weight is 344 g/mol. The molecule has 7 unspecified atom stereocenters. The van der Waals surface area contributed by atoms with Crippen LogP contribution in [0.25, 0.3) is 0 Å². The minimum absolute atomic E-state index is 0.0216. The van der Waals surface area contributed by atoms with E-state index < -0.39 is 5.60 Å². The van der Waals surface area contributed by atoms with Gasteiger partial charge in [0, 0.05) is 13.0 Å². The predicted molar refractivity (Wildman–Crippen MR) is 89.1 cm³/mol. The average Bonchev–Trinajstić information content (AvgIpc) is 3.02. The lowest BCUT2D eigenvalue weighted by atomic mass is 9.58. The molecule has 0 spiro atoms.